The van der Waals surface area contributed by atoms with Gasteiger partial charge < -0.3 is 20.1 Å². The van der Waals surface area contributed by atoms with Crippen molar-refractivity contribution in [1.29, 1.82) is 0 Å². The molecule has 0 bridgehead atoms. The Hall–Kier alpha value is -1.90. The molecular formula is C20H27BrF2N2O4. The van der Waals surface area contributed by atoms with Crippen molar-refractivity contribution in [1.82, 2.24) is 10.6 Å². The number of carbonyl (C=O) groups excluding carboxylic acids is 2. The lowest BCUT2D eigenvalue weighted by Crippen LogP contribution is -2.40. The largest absolute Gasteiger partial charge is 0.492 e. The average molecular weight is 477 g/mol. The van der Waals surface area contributed by atoms with Gasteiger partial charge in [0.2, 0.25) is 5.92 Å². The molecule has 29 heavy (non-hydrogen) atoms. The van der Waals surface area contributed by atoms with Crippen molar-refractivity contribution in [3.8, 4) is 5.75 Å². The van der Waals surface area contributed by atoms with Crippen LogP contribution < -0.4 is 15.4 Å². The van der Waals surface area contributed by atoms with Gasteiger partial charge in [-0.05, 0) is 51.8 Å². The molecular weight excluding hydrogens is 450 g/mol. The molecule has 2 N–H and O–H groups in total. The molecule has 1 aliphatic carbocycles. The first-order chi connectivity index (χ1) is 13.4. The van der Waals surface area contributed by atoms with E-state index in [1.54, 1.807) is 39.0 Å². The van der Waals surface area contributed by atoms with Crippen molar-refractivity contribution >= 4 is 27.9 Å². The van der Waals surface area contributed by atoms with E-state index in [0.29, 0.717) is 15.8 Å². The van der Waals surface area contributed by atoms with Crippen molar-refractivity contribution in [2.24, 2.45) is 0 Å². The summed E-state index contributed by atoms with van der Waals surface area (Å²) in [5.74, 6) is -2.52. The Labute approximate surface area is 177 Å². The van der Waals surface area contributed by atoms with Crippen LogP contribution in [0.5, 0.6) is 5.75 Å². The second-order valence-electron chi connectivity index (χ2n) is 8.06. The zero-order valence-corrected chi connectivity index (χ0v) is 18.4. The van der Waals surface area contributed by atoms with Crippen LogP contribution in [-0.4, -0.2) is 42.7 Å². The van der Waals surface area contributed by atoms with Crippen LogP contribution in [-0.2, 0) is 4.74 Å². The van der Waals surface area contributed by atoms with Gasteiger partial charge in [-0.1, -0.05) is 15.9 Å². The van der Waals surface area contributed by atoms with Gasteiger partial charge in [0, 0.05) is 28.9 Å². The van der Waals surface area contributed by atoms with Gasteiger partial charge in [0.05, 0.1) is 6.54 Å². The quantitative estimate of drug-likeness (QED) is 0.585. The Morgan fingerprint density at radius 3 is 2.48 bits per heavy atom. The zero-order valence-electron chi connectivity index (χ0n) is 16.8. The summed E-state index contributed by atoms with van der Waals surface area (Å²) in [4.78, 5) is 24.1. The molecule has 162 valence electrons. The molecule has 0 saturated heterocycles. The molecule has 0 radical (unpaired) electrons. The highest BCUT2D eigenvalue weighted by molar-refractivity contribution is 9.10. The molecule has 2 amide bonds. The van der Waals surface area contributed by atoms with Crippen LogP contribution in [0.2, 0.25) is 0 Å². The number of hydrogen-bond donors (Lipinski definition) is 2. The first kappa shape index (κ1) is 23.4. The van der Waals surface area contributed by atoms with E-state index in [0.717, 1.165) is 0 Å². The molecule has 0 unspecified atom stereocenters. The van der Waals surface area contributed by atoms with Crippen LogP contribution in [0.4, 0.5) is 13.6 Å². The first-order valence-corrected chi connectivity index (χ1v) is 10.3. The molecule has 0 aromatic heterocycles. The van der Waals surface area contributed by atoms with Crippen molar-refractivity contribution in [3.05, 3.63) is 28.2 Å². The first-order valence-electron chi connectivity index (χ1n) is 9.52. The summed E-state index contributed by atoms with van der Waals surface area (Å²) >= 11 is 3.34. The van der Waals surface area contributed by atoms with Gasteiger partial charge >= 0.3 is 6.09 Å². The number of benzene rings is 1. The Kier molecular flexibility index (Phi) is 7.85. The van der Waals surface area contributed by atoms with E-state index >= 15 is 0 Å². The monoisotopic (exact) mass is 476 g/mol. The van der Waals surface area contributed by atoms with Crippen LogP contribution in [0, 0.1) is 0 Å². The van der Waals surface area contributed by atoms with Gasteiger partial charge in [0.25, 0.3) is 5.91 Å². The standard InChI is InChI=1S/C20H27BrF2N2O4/c1-19(2,3)29-18(27)24-8-9-28-16-11-13(10-14(21)12-16)17(26)25-15-4-6-20(22,23)7-5-15/h10-12,15H,4-9H2,1-3H3,(H,24,27)(H,25,26). The van der Waals surface area contributed by atoms with Gasteiger partial charge in [-0.25, -0.2) is 13.6 Å². The maximum Gasteiger partial charge on any atom is 0.407 e. The van der Waals surface area contributed by atoms with E-state index in [4.69, 9.17) is 9.47 Å². The third kappa shape index (κ3) is 8.55. The summed E-state index contributed by atoms with van der Waals surface area (Å²) in [5.41, 5.74) is -0.210. The predicted molar refractivity (Wildman–Crippen MR) is 109 cm³/mol. The number of rotatable bonds is 6. The minimum absolute atomic E-state index is 0.189. The summed E-state index contributed by atoms with van der Waals surface area (Å²) in [7, 11) is 0. The highest BCUT2D eigenvalue weighted by Crippen LogP contribution is 2.33. The van der Waals surface area contributed by atoms with E-state index in [2.05, 4.69) is 26.6 Å². The second-order valence-corrected chi connectivity index (χ2v) is 8.97. The Bertz CT molecular complexity index is 728. The molecule has 1 aromatic rings. The molecule has 2 rings (SSSR count). The Balaban J connectivity index is 1.84. The van der Waals surface area contributed by atoms with E-state index in [-0.39, 0.29) is 50.8 Å². The molecule has 6 nitrogen and oxygen atoms in total. The molecule has 1 aromatic carbocycles. The topological polar surface area (TPSA) is 76.7 Å². The fourth-order valence-electron chi connectivity index (χ4n) is 2.87. The third-order valence-corrected chi connectivity index (χ3v) is 4.68. The van der Waals surface area contributed by atoms with Gasteiger partial charge in [-0.2, -0.15) is 0 Å². The summed E-state index contributed by atoms with van der Waals surface area (Å²) in [6, 6.07) is 4.65. The fourth-order valence-corrected chi connectivity index (χ4v) is 3.34. The number of amides is 2. The number of ether oxygens (including phenoxy) is 2. The lowest BCUT2D eigenvalue weighted by Gasteiger charge is -2.28. The highest BCUT2D eigenvalue weighted by Gasteiger charge is 2.35. The average Bonchev–Trinajstić information content (AvgIpc) is 2.58. The third-order valence-electron chi connectivity index (χ3n) is 4.22. The van der Waals surface area contributed by atoms with Gasteiger partial charge in [0.15, 0.2) is 0 Å². The van der Waals surface area contributed by atoms with E-state index in [9.17, 15) is 18.4 Å². The molecule has 1 fully saturated rings. The van der Waals surface area contributed by atoms with Crippen molar-refractivity contribution in [3.63, 3.8) is 0 Å². The van der Waals surface area contributed by atoms with Crippen molar-refractivity contribution < 1.29 is 27.8 Å². The Morgan fingerprint density at radius 1 is 1.21 bits per heavy atom. The molecule has 0 heterocycles. The van der Waals surface area contributed by atoms with Gasteiger partial charge in [-0.3, -0.25) is 4.79 Å². The Morgan fingerprint density at radius 2 is 1.86 bits per heavy atom. The zero-order chi connectivity index (χ0) is 21.7. The summed E-state index contributed by atoms with van der Waals surface area (Å²) in [5, 5.41) is 5.39. The normalized spacial score (nSPS) is 16.8. The predicted octanol–water partition coefficient (Wildman–Crippen LogP) is 4.66. The molecule has 0 spiro atoms. The van der Waals surface area contributed by atoms with E-state index < -0.39 is 17.6 Å². The lowest BCUT2D eigenvalue weighted by atomic mass is 9.92. The van der Waals surface area contributed by atoms with Crippen molar-refractivity contribution in [2.75, 3.05) is 13.2 Å². The minimum atomic E-state index is -2.63. The van der Waals surface area contributed by atoms with Crippen LogP contribution in [0.3, 0.4) is 0 Å². The smallest absolute Gasteiger partial charge is 0.407 e. The lowest BCUT2D eigenvalue weighted by molar-refractivity contribution is -0.0399. The molecule has 9 heteroatoms. The maximum absolute atomic E-state index is 13.3. The summed E-state index contributed by atoms with van der Waals surface area (Å²) in [6.07, 6.45) is -0.447. The summed E-state index contributed by atoms with van der Waals surface area (Å²) < 4.78 is 37.9. The molecule has 1 saturated carbocycles. The molecule has 0 atom stereocenters. The number of hydrogen-bond acceptors (Lipinski definition) is 4. The second kappa shape index (κ2) is 9.73. The maximum atomic E-state index is 13.3. The highest BCUT2D eigenvalue weighted by atomic mass is 79.9. The molecule has 0 aliphatic heterocycles. The number of halogens is 3. The van der Waals surface area contributed by atoms with Crippen molar-refractivity contribution in [2.45, 2.75) is 64.0 Å². The number of carbonyl (C=O) groups is 2. The van der Waals surface area contributed by atoms with E-state index in [1.807, 2.05) is 0 Å². The number of alkyl halides is 2. The minimum Gasteiger partial charge on any atom is -0.492 e. The number of alkyl carbamates (subject to hydrolysis) is 1. The van der Waals surface area contributed by atoms with Crippen LogP contribution in [0.15, 0.2) is 22.7 Å². The summed E-state index contributed by atoms with van der Waals surface area (Å²) in [6.45, 7) is 5.75. The van der Waals surface area contributed by atoms with Crippen LogP contribution in [0.1, 0.15) is 56.8 Å². The fraction of sp³-hybridized carbons (Fsp3) is 0.600. The van der Waals surface area contributed by atoms with Gasteiger partial charge in [-0.15, -0.1) is 0 Å². The van der Waals surface area contributed by atoms with Crippen LogP contribution >= 0.6 is 15.9 Å². The van der Waals surface area contributed by atoms with Crippen LogP contribution in [0.25, 0.3) is 0 Å². The van der Waals surface area contributed by atoms with E-state index in [1.165, 1.54) is 0 Å². The van der Waals surface area contributed by atoms with Gasteiger partial charge in [0.1, 0.15) is 18.0 Å². The molecule has 1 aliphatic rings. The SMILES string of the molecule is CC(C)(C)OC(=O)NCCOc1cc(Br)cc(C(=O)NC2CCC(F)(F)CC2)c1. The number of nitrogens with one attached hydrogen (secondary N) is 2.